The quantitative estimate of drug-likeness (QED) is 0.792. The Bertz CT molecular complexity index is 650. The van der Waals surface area contributed by atoms with Crippen LogP contribution in [0.4, 0.5) is 0 Å². The van der Waals surface area contributed by atoms with Crippen LogP contribution in [0.15, 0.2) is 40.9 Å². The van der Waals surface area contributed by atoms with Crippen molar-refractivity contribution >= 4 is 21.7 Å². The Morgan fingerprint density at radius 1 is 1.05 bits per heavy atom. The van der Waals surface area contributed by atoms with Crippen LogP contribution in [0.2, 0.25) is 0 Å². The molecule has 3 nitrogen and oxygen atoms in total. The Hall–Kier alpha value is -1.81. The first-order valence-electron chi connectivity index (χ1n) is 6.10. The third kappa shape index (κ3) is 2.70. The van der Waals surface area contributed by atoms with Gasteiger partial charge >= 0.3 is 0 Å². The van der Waals surface area contributed by atoms with Crippen molar-refractivity contribution in [3.05, 3.63) is 57.6 Å². The van der Waals surface area contributed by atoms with Gasteiger partial charge in [-0.1, -0.05) is 28.1 Å². The van der Waals surface area contributed by atoms with E-state index in [1.165, 1.54) is 0 Å². The van der Waals surface area contributed by atoms with Gasteiger partial charge in [0.15, 0.2) is 17.3 Å². The molecule has 0 saturated heterocycles. The molecule has 2 rings (SSSR count). The number of carbonyl (C=O) groups excluding carboxylic acids is 1. The van der Waals surface area contributed by atoms with Gasteiger partial charge in [0, 0.05) is 15.6 Å². The standard InChI is InChI=1S/C16H15BrO3/c1-10-12(5-4-6-13(10)17)16(18)11-7-8-14(19-2)15(9-11)20-3/h4-9H,1-3H3. The van der Waals surface area contributed by atoms with Crippen molar-refractivity contribution in [2.24, 2.45) is 0 Å². The lowest BCUT2D eigenvalue weighted by Gasteiger charge is -2.10. The molecule has 2 aromatic carbocycles. The molecule has 0 atom stereocenters. The number of rotatable bonds is 4. The second-order valence-electron chi connectivity index (χ2n) is 4.31. The normalized spacial score (nSPS) is 10.2. The smallest absolute Gasteiger partial charge is 0.193 e. The fourth-order valence-corrected chi connectivity index (χ4v) is 2.35. The fraction of sp³-hybridized carbons (Fsp3) is 0.188. The van der Waals surface area contributed by atoms with E-state index in [4.69, 9.17) is 9.47 Å². The zero-order valence-electron chi connectivity index (χ0n) is 11.6. The predicted molar refractivity (Wildman–Crippen MR) is 81.9 cm³/mol. The SMILES string of the molecule is COc1ccc(C(=O)c2cccc(Br)c2C)cc1OC. The summed E-state index contributed by atoms with van der Waals surface area (Å²) in [6, 6.07) is 10.8. The molecule has 0 unspecified atom stereocenters. The van der Waals surface area contributed by atoms with Gasteiger partial charge in [-0.3, -0.25) is 4.79 Å². The molecule has 0 fully saturated rings. The third-order valence-corrected chi connectivity index (χ3v) is 4.02. The fourth-order valence-electron chi connectivity index (χ4n) is 1.99. The van der Waals surface area contributed by atoms with Crippen LogP contribution in [0.5, 0.6) is 11.5 Å². The van der Waals surface area contributed by atoms with Crippen LogP contribution < -0.4 is 9.47 Å². The van der Waals surface area contributed by atoms with Crippen LogP contribution in [0, 0.1) is 6.92 Å². The highest BCUT2D eigenvalue weighted by atomic mass is 79.9. The molecule has 0 aliphatic heterocycles. The van der Waals surface area contributed by atoms with E-state index in [0.717, 1.165) is 10.0 Å². The lowest BCUT2D eigenvalue weighted by atomic mass is 9.99. The van der Waals surface area contributed by atoms with Crippen LogP contribution in [-0.4, -0.2) is 20.0 Å². The molecule has 0 bridgehead atoms. The highest BCUT2D eigenvalue weighted by Gasteiger charge is 2.15. The minimum Gasteiger partial charge on any atom is -0.493 e. The van der Waals surface area contributed by atoms with Gasteiger partial charge < -0.3 is 9.47 Å². The van der Waals surface area contributed by atoms with E-state index in [1.54, 1.807) is 32.4 Å². The van der Waals surface area contributed by atoms with Crippen molar-refractivity contribution in [2.75, 3.05) is 14.2 Å². The summed E-state index contributed by atoms with van der Waals surface area (Å²) in [5.74, 6) is 1.12. The first-order valence-corrected chi connectivity index (χ1v) is 6.89. The molecule has 104 valence electrons. The first kappa shape index (κ1) is 14.6. The number of hydrogen-bond acceptors (Lipinski definition) is 3. The summed E-state index contributed by atoms with van der Waals surface area (Å²) in [4.78, 5) is 12.6. The first-order chi connectivity index (χ1) is 9.58. The van der Waals surface area contributed by atoms with E-state index in [1.807, 2.05) is 25.1 Å². The van der Waals surface area contributed by atoms with Crippen LogP contribution >= 0.6 is 15.9 Å². The Balaban J connectivity index is 2.46. The van der Waals surface area contributed by atoms with Crippen LogP contribution in [0.3, 0.4) is 0 Å². The number of halogens is 1. The summed E-state index contributed by atoms with van der Waals surface area (Å²) in [5.41, 5.74) is 2.17. The molecule has 0 radical (unpaired) electrons. The Kier molecular flexibility index (Phi) is 4.45. The van der Waals surface area contributed by atoms with Gasteiger partial charge in [0.25, 0.3) is 0 Å². The molecule has 20 heavy (non-hydrogen) atoms. The van der Waals surface area contributed by atoms with Crippen LogP contribution in [-0.2, 0) is 0 Å². The Labute approximate surface area is 126 Å². The summed E-state index contributed by atoms with van der Waals surface area (Å²) in [6.07, 6.45) is 0. The van der Waals surface area contributed by atoms with Crippen LogP contribution in [0.1, 0.15) is 21.5 Å². The molecule has 0 saturated carbocycles. The van der Waals surface area contributed by atoms with Crippen molar-refractivity contribution < 1.29 is 14.3 Å². The Morgan fingerprint density at radius 3 is 2.40 bits per heavy atom. The van der Waals surface area contributed by atoms with Gasteiger partial charge in [-0.05, 0) is 36.8 Å². The molecule has 0 amide bonds. The van der Waals surface area contributed by atoms with Crippen molar-refractivity contribution in [2.45, 2.75) is 6.92 Å². The van der Waals surface area contributed by atoms with E-state index in [9.17, 15) is 4.79 Å². The van der Waals surface area contributed by atoms with Crippen molar-refractivity contribution in [3.63, 3.8) is 0 Å². The van der Waals surface area contributed by atoms with Crippen molar-refractivity contribution in [3.8, 4) is 11.5 Å². The maximum atomic E-state index is 12.6. The summed E-state index contributed by atoms with van der Waals surface area (Å²) in [5, 5.41) is 0. The lowest BCUT2D eigenvalue weighted by molar-refractivity contribution is 0.103. The second kappa shape index (κ2) is 6.09. The maximum Gasteiger partial charge on any atom is 0.193 e. The van der Waals surface area contributed by atoms with Gasteiger partial charge in [0.1, 0.15) is 0 Å². The summed E-state index contributed by atoms with van der Waals surface area (Å²) in [7, 11) is 3.12. The maximum absolute atomic E-state index is 12.6. The number of hydrogen-bond donors (Lipinski definition) is 0. The molecule has 2 aromatic rings. The van der Waals surface area contributed by atoms with E-state index in [-0.39, 0.29) is 5.78 Å². The number of ketones is 1. The van der Waals surface area contributed by atoms with Crippen molar-refractivity contribution in [1.29, 1.82) is 0 Å². The number of methoxy groups -OCH3 is 2. The minimum atomic E-state index is -0.0373. The summed E-state index contributed by atoms with van der Waals surface area (Å²) >= 11 is 3.44. The summed E-state index contributed by atoms with van der Waals surface area (Å²) in [6.45, 7) is 1.91. The average Bonchev–Trinajstić information content (AvgIpc) is 2.48. The van der Waals surface area contributed by atoms with Crippen molar-refractivity contribution in [1.82, 2.24) is 0 Å². The van der Waals surface area contributed by atoms with Gasteiger partial charge in [-0.2, -0.15) is 0 Å². The topological polar surface area (TPSA) is 35.5 Å². The Morgan fingerprint density at radius 2 is 1.75 bits per heavy atom. The monoisotopic (exact) mass is 334 g/mol. The number of benzene rings is 2. The largest absolute Gasteiger partial charge is 0.493 e. The van der Waals surface area contributed by atoms with Gasteiger partial charge in [-0.15, -0.1) is 0 Å². The van der Waals surface area contributed by atoms with E-state index >= 15 is 0 Å². The predicted octanol–water partition coefficient (Wildman–Crippen LogP) is 4.01. The number of ether oxygens (including phenoxy) is 2. The molecule has 0 spiro atoms. The zero-order chi connectivity index (χ0) is 14.7. The van der Waals surface area contributed by atoms with E-state index < -0.39 is 0 Å². The molecule has 0 heterocycles. The molecular weight excluding hydrogens is 320 g/mol. The van der Waals surface area contributed by atoms with Gasteiger partial charge in [0.2, 0.25) is 0 Å². The molecule has 0 N–H and O–H groups in total. The van der Waals surface area contributed by atoms with E-state index in [0.29, 0.717) is 22.6 Å². The minimum absolute atomic E-state index is 0.0373. The molecule has 0 aliphatic carbocycles. The third-order valence-electron chi connectivity index (χ3n) is 3.16. The highest BCUT2D eigenvalue weighted by molar-refractivity contribution is 9.10. The molecule has 0 aliphatic rings. The zero-order valence-corrected chi connectivity index (χ0v) is 13.2. The van der Waals surface area contributed by atoms with Gasteiger partial charge in [-0.25, -0.2) is 0 Å². The van der Waals surface area contributed by atoms with Crippen LogP contribution in [0.25, 0.3) is 0 Å². The van der Waals surface area contributed by atoms with E-state index in [2.05, 4.69) is 15.9 Å². The summed E-state index contributed by atoms with van der Waals surface area (Å²) < 4.78 is 11.3. The average molecular weight is 335 g/mol. The molecule has 4 heteroatoms. The molecular formula is C16H15BrO3. The lowest BCUT2D eigenvalue weighted by Crippen LogP contribution is -2.05. The van der Waals surface area contributed by atoms with Gasteiger partial charge in [0.05, 0.1) is 14.2 Å². The molecule has 0 aromatic heterocycles. The number of carbonyl (C=O) groups is 1. The highest BCUT2D eigenvalue weighted by Crippen LogP contribution is 2.29. The second-order valence-corrected chi connectivity index (χ2v) is 5.17.